The van der Waals surface area contributed by atoms with Crippen LogP contribution in [-0.4, -0.2) is 35.4 Å². The summed E-state index contributed by atoms with van der Waals surface area (Å²) < 4.78 is 6.68. The Morgan fingerprint density at radius 3 is 2.27 bits per heavy atom. The van der Waals surface area contributed by atoms with Crippen molar-refractivity contribution in [1.29, 1.82) is 0 Å². The summed E-state index contributed by atoms with van der Waals surface area (Å²) in [5.74, 6) is 0.00407. The number of carbonyl (C=O) groups excluding carboxylic acids is 2. The van der Waals surface area contributed by atoms with Crippen molar-refractivity contribution >= 4 is 50.9 Å². The molecule has 0 aliphatic rings. The van der Waals surface area contributed by atoms with E-state index in [9.17, 15) is 9.59 Å². The Hall–Kier alpha value is -2.54. The van der Waals surface area contributed by atoms with Gasteiger partial charge in [0.05, 0.1) is 14.5 Å². The molecule has 3 aromatic rings. The molecular weight excluding hydrogens is 575 g/mol. The third-order valence-electron chi connectivity index (χ3n) is 5.79. The van der Waals surface area contributed by atoms with E-state index in [0.29, 0.717) is 22.2 Å². The van der Waals surface area contributed by atoms with Crippen LogP contribution in [-0.2, 0) is 29.0 Å². The lowest BCUT2D eigenvalue weighted by atomic mass is 10.0. The minimum atomic E-state index is -0.763. The second-order valence-electron chi connectivity index (χ2n) is 9.05. The van der Waals surface area contributed by atoms with Crippen LogP contribution in [0.25, 0.3) is 0 Å². The molecule has 196 valence electrons. The van der Waals surface area contributed by atoms with Crippen molar-refractivity contribution in [2.45, 2.75) is 52.2 Å². The van der Waals surface area contributed by atoms with Crippen LogP contribution < -0.4 is 10.1 Å². The first-order valence-electron chi connectivity index (χ1n) is 12.2. The van der Waals surface area contributed by atoms with E-state index in [-0.39, 0.29) is 31.0 Å². The van der Waals surface area contributed by atoms with Gasteiger partial charge in [-0.15, -0.1) is 0 Å². The lowest BCUT2D eigenvalue weighted by molar-refractivity contribution is -0.143. The number of nitrogens with zero attached hydrogens (tertiary/aromatic N) is 1. The Morgan fingerprint density at radius 2 is 1.65 bits per heavy atom. The van der Waals surface area contributed by atoms with Gasteiger partial charge >= 0.3 is 0 Å². The fourth-order valence-electron chi connectivity index (χ4n) is 3.87. The van der Waals surface area contributed by atoms with Crippen molar-refractivity contribution in [1.82, 2.24) is 10.2 Å². The maximum absolute atomic E-state index is 13.7. The Labute approximate surface area is 237 Å². The van der Waals surface area contributed by atoms with Crippen LogP contribution in [0.1, 0.15) is 37.5 Å². The Kier molecular flexibility index (Phi) is 10.9. The van der Waals surface area contributed by atoms with E-state index in [1.807, 2.05) is 62.4 Å². The monoisotopic (exact) mass is 604 g/mol. The van der Waals surface area contributed by atoms with E-state index in [4.69, 9.17) is 27.9 Å². The zero-order chi connectivity index (χ0) is 26.9. The van der Waals surface area contributed by atoms with Gasteiger partial charge in [0.15, 0.2) is 6.61 Å². The van der Waals surface area contributed by atoms with Crippen LogP contribution in [0.15, 0.2) is 71.2 Å². The van der Waals surface area contributed by atoms with Crippen molar-refractivity contribution in [3.05, 3.63) is 97.9 Å². The van der Waals surface area contributed by atoms with Crippen LogP contribution in [0, 0.1) is 0 Å². The molecule has 1 unspecified atom stereocenters. The zero-order valence-electron chi connectivity index (χ0n) is 21.1. The molecule has 3 rings (SSSR count). The lowest BCUT2D eigenvalue weighted by Gasteiger charge is -2.32. The van der Waals surface area contributed by atoms with E-state index < -0.39 is 6.04 Å². The highest BCUT2D eigenvalue weighted by Crippen LogP contribution is 2.27. The molecule has 0 aliphatic heterocycles. The molecule has 0 fully saturated rings. The van der Waals surface area contributed by atoms with Crippen LogP contribution >= 0.6 is 39.1 Å². The zero-order valence-corrected chi connectivity index (χ0v) is 24.2. The summed E-state index contributed by atoms with van der Waals surface area (Å²) in [6.07, 6.45) is 1.24. The molecule has 0 radical (unpaired) electrons. The van der Waals surface area contributed by atoms with Gasteiger partial charge in [0.2, 0.25) is 5.91 Å². The van der Waals surface area contributed by atoms with Crippen molar-refractivity contribution in [3.8, 4) is 5.75 Å². The molecule has 2 amide bonds. The van der Waals surface area contributed by atoms with Gasteiger partial charge in [0.25, 0.3) is 5.91 Å². The Balaban J connectivity index is 1.93. The van der Waals surface area contributed by atoms with Crippen molar-refractivity contribution in [3.63, 3.8) is 0 Å². The number of aryl methyl sites for hydroxylation is 1. The SMILES string of the molecule is CCc1ccc(OCC(=O)N(Cc2ccc(Cl)c(Cl)c2)C(Cc2ccccc2)C(=O)NC(C)C)c(Br)c1. The summed E-state index contributed by atoms with van der Waals surface area (Å²) in [4.78, 5) is 28.6. The number of ether oxygens (including phenoxy) is 1. The minimum absolute atomic E-state index is 0.0861. The van der Waals surface area contributed by atoms with Gasteiger partial charge in [-0.2, -0.15) is 0 Å². The summed E-state index contributed by atoms with van der Waals surface area (Å²) >= 11 is 15.9. The van der Waals surface area contributed by atoms with Gasteiger partial charge in [0, 0.05) is 19.0 Å². The fourth-order valence-corrected chi connectivity index (χ4v) is 4.73. The predicted molar refractivity (Wildman–Crippen MR) is 153 cm³/mol. The summed E-state index contributed by atoms with van der Waals surface area (Å²) in [5, 5.41) is 3.78. The van der Waals surface area contributed by atoms with Gasteiger partial charge in [-0.3, -0.25) is 9.59 Å². The molecule has 1 atom stereocenters. The molecular formula is C29H31BrCl2N2O3. The quantitative estimate of drug-likeness (QED) is 0.260. The van der Waals surface area contributed by atoms with Gasteiger partial charge in [0.1, 0.15) is 11.8 Å². The first-order valence-corrected chi connectivity index (χ1v) is 13.7. The van der Waals surface area contributed by atoms with Gasteiger partial charge in [-0.25, -0.2) is 0 Å². The largest absolute Gasteiger partial charge is 0.483 e. The van der Waals surface area contributed by atoms with E-state index in [1.165, 1.54) is 0 Å². The molecule has 0 bridgehead atoms. The number of hydrogen-bond acceptors (Lipinski definition) is 3. The molecule has 0 saturated carbocycles. The molecule has 0 spiro atoms. The van der Waals surface area contributed by atoms with Gasteiger partial charge < -0.3 is 15.0 Å². The third-order valence-corrected chi connectivity index (χ3v) is 7.15. The highest BCUT2D eigenvalue weighted by molar-refractivity contribution is 9.10. The minimum Gasteiger partial charge on any atom is -0.483 e. The molecule has 0 aliphatic carbocycles. The standard InChI is InChI=1S/C29H31BrCl2N2O3/c1-4-20-11-13-27(23(30)14-20)37-18-28(35)34(17-22-10-12-24(31)25(32)15-22)26(29(36)33-19(2)3)16-21-8-6-5-7-9-21/h5-15,19,26H,4,16-18H2,1-3H3,(H,33,36). The van der Waals surface area contributed by atoms with Crippen LogP contribution in [0.2, 0.25) is 10.0 Å². The smallest absolute Gasteiger partial charge is 0.261 e. The van der Waals surface area contributed by atoms with Crippen molar-refractivity contribution < 1.29 is 14.3 Å². The van der Waals surface area contributed by atoms with Crippen LogP contribution in [0.3, 0.4) is 0 Å². The fraction of sp³-hybridized carbons (Fsp3) is 0.310. The maximum Gasteiger partial charge on any atom is 0.261 e. The van der Waals surface area contributed by atoms with E-state index >= 15 is 0 Å². The highest BCUT2D eigenvalue weighted by Gasteiger charge is 2.31. The molecule has 3 aromatic carbocycles. The average molecular weight is 606 g/mol. The highest BCUT2D eigenvalue weighted by atomic mass is 79.9. The number of nitrogens with one attached hydrogen (secondary N) is 1. The predicted octanol–water partition coefficient (Wildman–Crippen LogP) is 6.86. The Morgan fingerprint density at radius 1 is 0.946 bits per heavy atom. The first-order chi connectivity index (χ1) is 17.7. The molecule has 8 heteroatoms. The third kappa shape index (κ3) is 8.49. The normalized spacial score (nSPS) is 11.8. The molecule has 0 aromatic heterocycles. The second kappa shape index (κ2) is 13.8. The number of halogens is 3. The molecule has 0 saturated heterocycles. The first kappa shape index (κ1) is 29.0. The van der Waals surface area contributed by atoms with E-state index in [1.54, 1.807) is 23.1 Å². The number of rotatable bonds is 11. The van der Waals surface area contributed by atoms with Gasteiger partial charge in [-0.05, 0) is 77.2 Å². The van der Waals surface area contributed by atoms with Gasteiger partial charge in [-0.1, -0.05) is 72.6 Å². The molecule has 37 heavy (non-hydrogen) atoms. The van der Waals surface area contributed by atoms with E-state index in [0.717, 1.165) is 27.6 Å². The molecule has 1 N–H and O–H groups in total. The number of hydrogen-bond donors (Lipinski definition) is 1. The number of amides is 2. The lowest BCUT2D eigenvalue weighted by Crippen LogP contribution is -2.52. The van der Waals surface area contributed by atoms with Crippen molar-refractivity contribution in [2.24, 2.45) is 0 Å². The number of benzene rings is 3. The summed E-state index contributed by atoms with van der Waals surface area (Å²) in [7, 11) is 0. The average Bonchev–Trinajstić information content (AvgIpc) is 2.87. The number of carbonyl (C=O) groups is 2. The molecule has 5 nitrogen and oxygen atoms in total. The summed E-state index contributed by atoms with van der Waals surface area (Å²) in [6.45, 7) is 5.79. The second-order valence-corrected chi connectivity index (χ2v) is 10.7. The van der Waals surface area contributed by atoms with Crippen molar-refractivity contribution in [2.75, 3.05) is 6.61 Å². The topological polar surface area (TPSA) is 58.6 Å². The molecule has 0 heterocycles. The van der Waals surface area contributed by atoms with E-state index in [2.05, 4.69) is 28.2 Å². The summed E-state index contributed by atoms with van der Waals surface area (Å²) in [5.41, 5.74) is 2.85. The maximum atomic E-state index is 13.7. The van der Waals surface area contributed by atoms with Crippen LogP contribution in [0.5, 0.6) is 5.75 Å². The summed E-state index contributed by atoms with van der Waals surface area (Å²) in [6, 6.07) is 19.8. The van der Waals surface area contributed by atoms with Crippen LogP contribution in [0.4, 0.5) is 0 Å². The Bertz CT molecular complexity index is 1220.